The first-order valence-electron chi connectivity index (χ1n) is 5.38. The van der Waals surface area contributed by atoms with Crippen molar-refractivity contribution in [1.29, 1.82) is 0 Å². The van der Waals surface area contributed by atoms with E-state index in [1.807, 2.05) is 0 Å². The zero-order valence-corrected chi connectivity index (χ0v) is 11.5. The summed E-state index contributed by atoms with van der Waals surface area (Å²) in [5.74, 6) is -1.36. The van der Waals surface area contributed by atoms with E-state index in [1.165, 1.54) is 0 Å². The quantitative estimate of drug-likeness (QED) is 0.655. The second kappa shape index (κ2) is 5.66. The van der Waals surface area contributed by atoms with Gasteiger partial charge in [-0.2, -0.15) is 0 Å². The molecule has 0 aliphatic rings. The van der Waals surface area contributed by atoms with Crippen LogP contribution in [0.2, 0.25) is 0 Å². The molecule has 0 saturated carbocycles. The summed E-state index contributed by atoms with van der Waals surface area (Å²) in [6, 6.07) is 9.06. The van der Waals surface area contributed by atoms with Gasteiger partial charge in [0.1, 0.15) is 0 Å². The molecule has 7 nitrogen and oxygen atoms in total. The number of halogens is 1. The first-order chi connectivity index (χ1) is 9.47. The van der Waals surface area contributed by atoms with Crippen molar-refractivity contribution in [1.82, 2.24) is 4.98 Å². The van der Waals surface area contributed by atoms with Crippen LogP contribution in [0.1, 0.15) is 10.5 Å². The van der Waals surface area contributed by atoms with E-state index in [0.717, 1.165) is 16.6 Å². The maximum atomic E-state index is 10.9. The van der Waals surface area contributed by atoms with Crippen LogP contribution in [0.25, 0.3) is 0 Å². The minimum atomic E-state index is -1.25. The van der Waals surface area contributed by atoms with Gasteiger partial charge in [0.05, 0.1) is 4.92 Å². The molecule has 0 fully saturated rings. The number of anilines is 2. The summed E-state index contributed by atoms with van der Waals surface area (Å²) in [5, 5.41) is 22.5. The highest BCUT2D eigenvalue weighted by Crippen LogP contribution is 2.26. The summed E-state index contributed by atoms with van der Waals surface area (Å²) >= 11 is 3.27. The molecule has 1 heterocycles. The Bertz CT molecular complexity index is 673. The fourth-order valence-corrected chi connectivity index (χ4v) is 1.74. The number of rotatable bonds is 4. The first kappa shape index (κ1) is 13.9. The summed E-state index contributed by atoms with van der Waals surface area (Å²) < 4.78 is 0.852. The van der Waals surface area contributed by atoms with Gasteiger partial charge in [-0.25, -0.2) is 9.78 Å². The Morgan fingerprint density at radius 1 is 1.25 bits per heavy atom. The molecule has 2 rings (SSSR count). The van der Waals surface area contributed by atoms with E-state index in [4.69, 9.17) is 5.11 Å². The number of nitrogens with one attached hydrogen (secondary N) is 1. The van der Waals surface area contributed by atoms with Crippen molar-refractivity contribution < 1.29 is 14.8 Å². The Hall–Kier alpha value is -2.48. The Morgan fingerprint density at radius 2 is 1.90 bits per heavy atom. The molecule has 0 bridgehead atoms. The topological polar surface area (TPSA) is 105 Å². The van der Waals surface area contributed by atoms with Gasteiger partial charge >= 0.3 is 11.7 Å². The van der Waals surface area contributed by atoms with Gasteiger partial charge in [-0.1, -0.05) is 15.9 Å². The highest BCUT2D eigenvalue weighted by atomic mass is 79.9. The van der Waals surface area contributed by atoms with E-state index in [2.05, 4.69) is 26.2 Å². The molecule has 8 heteroatoms. The zero-order chi connectivity index (χ0) is 14.7. The van der Waals surface area contributed by atoms with Crippen LogP contribution >= 0.6 is 15.9 Å². The number of aromatic nitrogens is 1. The van der Waals surface area contributed by atoms with Crippen LogP contribution in [-0.4, -0.2) is 21.0 Å². The van der Waals surface area contributed by atoms with Crippen molar-refractivity contribution in [2.75, 3.05) is 5.32 Å². The molecule has 0 radical (unpaired) electrons. The van der Waals surface area contributed by atoms with Crippen LogP contribution in [0.5, 0.6) is 0 Å². The third kappa shape index (κ3) is 3.09. The van der Waals surface area contributed by atoms with E-state index < -0.39 is 10.9 Å². The fraction of sp³-hybridized carbons (Fsp3) is 0. The van der Waals surface area contributed by atoms with Crippen LogP contribution in [0.3, 0.4) is 0 Å². The number of carbonyl (C=O) groups is 1. The van der Waals surface area contributed by atoms with E-state index in [0.29, 0.717) is 5.69 Å². The summed E-state index contributed by atoms with van der Waals surface area (Å²) in [7, 11) is 0. The third-order valence-electron chi connectivity index (χ3n) is 2.40. The van der Waals surface area contributed by atoms with Gasteiger partial charge in [0.15, 0.2) is 5.69 Å². The molecule has 0 unspecified atom stereocenters. The molecule has 0 aliphatic carbocycles. The molecule has 102 valence electrons. The molecule has 0 spiro atoms. The molecule has 0 aliphatic heterocycles. The van der Waals surface area contributed by atoms with Crippen LogP contribution in [0.15, 0.2) is 40.9 Å². The smallest absolute Gasteiger partial charge is 0.354 e. The van der Waals surface area contributed by atoms with Crippen molar-refractivity contribution in [2.24, 2.45) is 0 Å². The van der Waals surface area contributed by atoms with E-state index in [1.54, 1.807) is 24.3 Å². The normalized spacial score (nSPS) is 10.1. The number of hydrogen-bond acceptors (Lipinski definition) is 5. The highest BCUT2D eigenvalue weighted by Gasteiger charge is 2.18. The lowest BCUT2D eigenvalue weighted by molar-refractivity contribution is -0.384. The molecule has 1 aromatic carbocycles. The average Bonchev–Trinajstić information content (AvgIpc) is 2.41. The largest absolute Gasteiger partial charge is 0.477 e. The molecule has 0 amide bonds. The predicted molar refractivity (Wildman–Crippen MR) is 75.3 cm³/mol. The minimum Gasteiger partial charge on any atom is -0.477 e. The molecule has 0 atom stereocenters. The first-order valence-corrected chi connectivity index (χ1v) is 6.18. The number of aromatic carboxylic acids is 1. The summed E-state index contributed by atoms with van der Waals surface area (Å²) in [4.78, 5) is 24.9. The lowest BCUT2D eigenvalue weighted by Crippen LogP contribution is -2.05. The molecular formula is C12H8BrN3O4. The Balaban J connectivity index is 2.41. The van der Waals surface area contributed by atoms with Gasteiger partial charge in [-0.05, 0) is 30.3 Å². The SMILES string of the molecule is O=C(O)c1ccc([N+](=O)[O-])c(Nc2ccc(Br)cc2)n1. The van der Waals surface area contributed by atoms with Gasteiger partial charge in [0.25, 0.3) is 0 Å². The van der Waals surface area contributed by atoms with Crippen LogP contribution in [-0.2, 0) is 0 Å². The minimum absolute atomic E-state index is 0.114. The lowest BCUT2D eigenvalue weighted by Gasteiger charge is -2.07. The average molecular weight is 338 g/mol. The van der Waals surface area contributed by atoms with Crippen molar-refractivity contribution in [3.63, 3.8) is 0 Å². The highest BCUT2D eigenvalue weighted by molar-refractivity contribution is 9.10. The van der Waals surface area contributed by atoms with Gasteiger partial charge in [0.2, 0.25) is 5.82 Å². The van der Waals surface area contributed by atoms with E-state index in [9.17, 15) is 14.9 Å². The van der Waals surface area contributed by atoms with Crippen LogP contribution in [0, 0.1) is 10.1 Å². The molecule has 2 N–H and O–H groups in total. The Kier molecular flexibility index (Phi) is 3.94. The summed E-state index contributed by atoms with van der Waals surface area (Å²) in [6.45, 7) is 0. The zero-order valence-electron chi connectivity index (χ0n) is 9.91. The second-order valence-electron chi connectivity index (χ2n) is 3.76. The Labute approximate surface area is 121 Å². The number of nitro groups is 1. The Morgan fingerprint density at radius 3 is 2.45 bits per heavy atom. The van der Waals surface area contributed by atoms with Crippen molar-refractivity contribution in [3.05, 3.63) is 56.7 Å². The maximum absolute atomic E-state index is 10.9. The number of nitrogens with zero attached hydrogens (tertiary/aromatic N) is 2. The van der Waals surface area contributed by atoms with Crippen LogP contribution in [0.4, 0.5) is 17.2 Å². The second-order valence-corrected chi connectivity index (χ2v) is 4.67. The predicted octanol–water partition coefficient (Wildman–Crippen LogP) is 3.19. The van der Waals surface area contributed by atoms with Crippen molar-refractivity contribution in [2.45, 2.75) is 0 Å². The molecule has 1 aromatic heterocycles. The van der Waals surface area contributed by atoms with Crippen molar-refractivity contribution in [3.8, 4) is 0 Å². The molecular weight excluding hydrogens is 330 g/mol. The maximum Gasteiger partial charge on any atom is 0.354 e. The molecule has 0 saturated heterocycles. The molecule has 20 heavy (non-hydrogen) atoms. The number of pyridine rings is 1. The number of carboxylic acids is 1. The lowest BCUT2D eigenvalue weighted by atomic mass is 10.3. The monoisotopic (exact) mass is 337 g/mol. The fourth-order valence-electron chi connectivity index (χ4n) is 1.48. The van der Waals surface area contributed by atoms with E-state index >= 15 is 0 Å². The third-order valence-corrected chi connectivity index (χ3v) is 2.93. The molecule has 2 aromatic rings. The standard InChI is InChI=1S/C12H8BrN3O4/c13-7-1-3-8(4-2-7)14-11-10(16(19)20)6-5-9(15-11)12(17)18/h1-6H,(H,14,15)(H,17,18). The van der Waals surface area contributed by atoms with E-state index in [-0.39, 0.29) is 17.2 Å². The van der Waals surface area contributed by atoms with Crippen molar-refractivity contribution >= 4 is 39.1 Å². The van der Waals surface area contributed by atoms with Gasteiger partial charge < -0.3 is 10.4 Å². The summed E-state index contributed by atoms with van der Waals surface area (Å²) in [5.41, 5.74) is -0.000491. The number of hydrogen-bond donors (Lipinski definition) is 2. The number of benzene rings is 1. The van der Waals surface area contributed by atoms with Crippen LogP contribution < -0.4 is 5.32 Å². The number of carboxylic acid groups (broad SMARTS) is 1. The van der Waals surface area contributed by atoms with Gasteiger partial charge in [0, 0.05) is 16.2 Å². The van der Waals surface area contributed by atoms with Gasteiger partial charge in [-0.15, -0.1) is 0 Å². The van der Waals surface area contributed by atoms with Gasteiger partial charge in [-0.3, -0.25) is 10.1 Å². The summed E-state index contributed by atoms with van der Waals surface area (Å²) in [6.07, 6.45) is 0.